The second-order valence-corrected chi connectivity index (χ2v) is 4.91. The minimum absolute atomic E-state index is 0.366. The number of hydrogen-bond donors (Lipinski definition) is 1. The maximum absolute atomic E-state index is 12.5. The van der Waals surface area contributed by atoms with Crippen molar-refractivity contribution in [3.8, 4) is 0 Å². The van der Waals surface area contributed by atoms with E-state index in [1.807, 2.05) is 19.1 Å². The van der Waals surface area contributed by atoms with E-state index in [-0.39, 0.29) is 0 Å². The fraction of sp³-hybridized carbons (Fsp3) is 0.231. The summed E-state index contributed by atoms with van der Waals surface area (Å²) in [7, 11) is 0. The van der Waals surface area contributed by atoms with Crippen LogP contribution in [0.2, 0.25) is 0 Å². The summed E-state index contributed by atoms with van der Waals surface area (Å²) in [5.74, 6) is 1.52. The Balaban J connectivity index is 2.09. The first-order valence-corrected chi connectivity index (χ1v) is 6.31. The van der Waals surface area contributed by atoms with Crippen LogP contribution in [0.15, 0.2) is 39.2 Å². The largest absolute Gasteiger partial charge is 0.465 e. The molecule has 2 rings (SSSR count). The molecule has 0 amide bonds. The fourth-order valence-corrected chi connectivity index (χ4v) is 2.12. The van der Waals surface area contributed by atoms with Crippen molar-refractivity contribution in [2.45, 2.75) is 19.6 Å². The Hall–Kier alpha value is -1.43. The molecule has 2 nitrogen and oxygen atoms in total. The molecule has 0 saturated carbocycles. The van der Waals surface area contributed by atoms with Crippen molar-refractivity contribution in [1.29, 1.82) is 0 Å². The van der Waals surface area contributed by atoms with Gasteiger partial charge in [-0.05, 0) is 53.2 Å². The van der Waals surface area contributed by atoms with Gasteiger partial charge in [0, 0.05) is 10.2 Å². The van der Waals surface area contributed by atoms with E-state index in [1.165, 1.54) is 6.07 Å². The van der Waals surface area contributed by atoms with E-state index in [4.69, 9.17) is 4.42 Å². The van der Waals surface area contributed by atoms with Crippen molar-refractivity contribution in [3.63, 3.8) is 0 Å². The molecule has 0 unspecified atom stereocenters. The molecule has 0 radical (unpaired) electrons. The number of hydrogen-bond acceptors (Lipinski definition) is 2. The lowest BCUT2D eigenvalue weighted by Gasteiger charge is -2.11. The lowest BCUT2D eigenvalue weighted by molar-refractivity contribution is -0.137. The topological polar surface area (TPSA) is 25.2 Å². The van der Waals surface area contributed by atoms with E-state index in [2.05, 4.69) is 21.2 Å². The molecular formula is C13H11BrF3NO. The van der Waals surface area contributed by atoms with Gasteiger partial charge in [-0.15, -0.1) is 0 Å². The van der Waals surface area contributed by atoms with Crippen LogP contribution in [0, 0.1) is 6.92 Å². The zero-order valence-corrected chi connectivity index (χ0v) is 11.6. The summed E-state index contributed by atoms with van der Waals surface area (Å²) in [6.45, 7) is 2.25. The monoisotopic (exact) mass is 333 g/mol. The Morgan fingerprint density at radius 3 is 2.47 bits per heavy atom. The number of aryl methyl sites for hydroxylation is 1. The molecule has 1 heterocycles. The van der Waals surface area contributed by atoms with E-state index in [9.17, 15) is 13.2 Å². The highest BCUT2D eigenvalue weighted by Crippen LogP contribution is 2.34. The quantitative estimate of drug-likeness (QED) is 0.856. The average molecular weight is 334 g/mol. The van der Waals surface area contributed by atoms with Crippen LogP contribution in [0.4, 0.5) is 18.9 Å². The summed E-state index contributed by atoms with van der Waals surface area (Å²) in [5, 5.41) is 3.01. The number of benzene rings is 1. The summed E-state index contributed by atoms with van der Waals surface area (Å²) < 4.78 is 43.2. The smallest absolute Gasteiger partial charge is 0.416 e. The highest BCUT2D eigenvalue weighted by atomic mass is 79.9. The van der Waals surface area contributed by atoms with E-state index < -0.39 is 11.7 Å². The second-order valence-electron chi connectivity index (χ2n) is 4.06. The summed E-state index contributed by atoms with van der Waals surface area (Å²) in [5.41, 5.74) is -0.0965. The minimum atomic E-state index is -4.33. The van der Waals surface area contributed by atoms with Crippen molar-refractivity contribution >= 4 is 21.6 Å². The SMILES string of the molecule is Cc1ccc(CNc2ccc(C(F)(F)F)cc2Br)o1. The highest BCUT2D eigenvalue weighted by Gasteiger charge is 2.30. The van der Waals surface area contributed by atoms with Crippen molar-refractivity contribution in [3.05, 3.63) is 51.9 Å². The number of rotatable bonds is 3. The van der Waals surface area contributed by atoms with Crippen LogP contribution >= 0.6 is 15.9 Å². The van der Waals surface area contributed by atoms with E-state index in [0.29, 0.717) is 16.7 Å². The second kappa shape index (κ2) is 5.28. The molecule has 1 aromatic carbocycles. The molecule has 102 valence electrons. The molecule has 0 aliphatic rings. The van der Waals surface area contributed by atoms with Gasteiger partial charge >= 0.3 is 6.18 Å². The molecule has 1 aromatic heterocycles. The molecule has 19 heavy (non-hydrogen) atoms. The number of nitrogens with one attached hydrogen (secondary N) is 1. The van der Waals surface area contributed by atoms with Gasteiger partial charge in [-0.25, -0.2) is 0 Å². The van der Waals surface area contributed by atoms with Gasteiger partial charge in [0.1, 0.15) is 11.5 Å². The summed E-state index contributed by atoms with van der Waals surface area (Å²) in [6, 6.07) is 7.14. The first kappa shape index (κ1) is 14.0. The standard InChI is InChI=1S/C13H11BrF3NO/c1-8-2-4-10(19-8)7-18-12-5-3-9(6-11(12)14)13(15,16)17/h2-6,18H,7H2,1H3. The number of halogens is 4. The van der Waals surface area contributed by atoms with E-state index in [1.54, 1.807) is 0 Å². The maximum Gasteiger partial charge on any atom is 0.416 e. The van der Waals surface area contributed by atoms with Gasteiger partial charge in [-0.3, -0.25) is 0 Å². The van der Waals surface area contributed by atoms with Gasteiger partial charge in [0.15, 0.2) is 0 Å². The molecule has 0 aliphatic carbocycles. The Labute approximate surface area is 116 Å². The first-order chi connectivity index (χ1) is 8.86. The number of anilines is 1. The Bertz CT molecular complexity index is 578. The third-order valence-corrected chi connectivity index (χ3v) is 3.20. The summed E-state index contributed by atoms with van der Waals surface area (Å²) in [4.78, 5) is 0. The Morgan fingerprint density at radius 1 is 1.21 bits per heavy atom. The fourth-order valence-electron chi connectivity index (χ4n) is 1.60. The van der Waals surface area contributed by atoms with Crippen LogP contribution in [0.25, 0.3) is 0 Å². The van der Waals surface area contributed by atoms with Crippen molar-refractivity contribution in [2.75, 3.05) is 5.32 Å². The van der Waals surface area contributed by atoms with Crippen molar-refractivity contribution in [2.24, 2.45) is 0 Å². The number of alkyl halides is 3. The number of furan rings is 1. The third kappa shape index (κ3) is 3.53. The van der Waals surface area contributed by atoms with Crippen molar-refractivity contribution < 1.29 is 17.6 Å². The predicted molar refractivity (Wildman–Crippen MR) is 69.9 cm³/mol. The molecule has 0 spiro atoms. The Morgan fingerprint density at radius 2 is 1.95 bits per heavy atom. The molecule has 0 fully saturated rings. The van der Waals surface area contributed by atoms with Gasteiger partial charge in [0.25, 0.3) is 0 Å². The van der Waals surface area contributed by atoms with Crippen molar-refractivity contribution in [1.82, 2.24) is 0 Å². The van der Waals surface area contributed by atoms with Crippen LogP contribution in [-0.2, 0) is 12.7 Å². The van der Waals surface area contributed by atoms with Gasteiger partial charge in [0.2, 0.25) is 0 Å². The highest BCUT2D eigenvalue weighted by molar-refractivity contribution is 9.10. The van der Waals surface area contributed by atoms with Gasteiger partial charge in [0.05, 0.1) is 12.1 Å². The molecule has 2 aromatic rings. The van der Waals surface area contributed by atoms with Crippen LogP contribution in [0.3, 0.4) is 0 Å². The molecule has 0 atom stereocenters. The van der Waals surface area contributed by atoms with E-state index >= 15 is 0 Å². The average Bonchev–Trinajstić information content (AvgIpc) is 2.72. The third-order valence-electron chi connectivity index (χ3n) is 2.55. The molecule has 1 N–H and O–H groups in total. The summed E-state index contributed by atoms with van der Waals surface area (Å²) >= 11 is 3.13. The van der Waals surface area contributed by atoms with Crippen LogP contribution in [0.5, 0.6) is 0 Å². The molecule has 0 saturated heterocycles. The van der Waals surface area contributed by atoms with Gasteiger partial charge in [-0.1, -0.05) is 0 Å². The summed E-state index contributed by atoms with van der Waals surface area (Å²) in [6.07, 6.45) is -4.33. The first-order valence-electron chi connectivity index (χ1n) is 5.52. The Kier molecular flexibility index (Phi) is 3.89. The normalized spacial score (nSPS) is 11.6. The molecule has 0 bridgehead atoms. The maximum atomic E-state index is 12.5. The van der Waals surface area contributed by atoms with E-state index in [0.717, 1.165) is 23.7 Å². The van der Waals surface area contributed by atoms with Crippen LogP contribution in [-0.4, -0.2) is 0 Å². The lowest BCUT2D eigenvalue weighted by Crippen LogP contribution is -2.06. The molecule has 6 heteroatoms. The van der Waals surface area contributed by atoms with Crippen LogP contribution in [0.1, 0.15) is 17.1 Å². The zero-order chi connectivity index (χ0) is 14.0. The zero-order valence-electron chi connectivity index (χ0n) is 10.0. The van der Waals surface area contributed by atoms with Gasteiger partial charge in [-0.2, -0.15) is 13.2 Å². The van der Waals surface area contributed by atoms with Crippen LogP contribution < -0.4 is 5.32 Å². The molecular weight excluding hydrogens is 323 g/mol. The lowest BCUT2D eigenvalue weighted by atomic mass is 10.2. The minimum Gasteiger partial charge on any atom is -0.465 e. The van der Waals surface area contributed by atoms with Gasteiger partial charge < -0.3 is 9.73 Å². The predicted octanol–water partition coefficient (Wildman–Crippen LogP) is 4.98. The molecule has 0 aliphatic heterocycles.